The molecule has 0 unspecified atom stereocenters. The first-order valence-corrected chi connectivity index (χ1v) is 10.5. The fourth-order valence-corrected chi connectivity index (χ4v) is 4.58. The van der Waals surface area contributed by atoms with Crippen LogP contribution in [0.15, 0.2) is 30.3 Å². The molecule has 0 spiro atoms. The predicted octanol–water partition coefficient (Wildman–Crippen LogP) is 0.576. The molecular weight excluding hydrogens is 340 g/mol. The van der Waals surface area contributed by atoms with Crippen molar-refractivity contribution >= 4 is 5.69 Å². The number of benzene rings is 1. The van der Waals surface area contributed by atoms with Crippen molar-refractivity contribution in [2.75, 3.05) is 83.6 Å². The lowest BCUT2D eigenvalue weighted by Gasteiger charge is -2.37. The van der Waals surface area contributed by atoms with Gasteiger partial charge in [-0.25, -0.2) is 0 Å². The monoisotopic (exact) mass is 374 g/mol. The predicted molar refractivity (Wildman–Crippen MR) is 108 cm³/mol. The maximum atomic E-state index is 10.1. The first-order chi connectivity index (χ1) is 13.3. The topological polar surface area (TPSA) is 42.4 Å². The molecule has 4 rings (SSSR count). The molecule has 0 aromatic heterocycles. The standard InChI is InChI=1S/C21H34N4O2/c26-21-18-27-17-20(21)25-8-4-7-22(13-16-25)9-10-23-11-14-24(15-12-23)19-5-2-1-3-6-19/h1-3,5-6,20-21,26H,4,7-18H2/t20-,21-/m0/s1. The molecule has 2 atom stereocenters. The van der Waals surface area contributed by atoms with Gasteiger partial charge in [0.15, 0.2) is 0 Å². The van der Waals surface area contributed by atoms with Crippen molar-refractivity contribution in [1.82, 2.24) is 14.7 Å². The van der Waals surface area contributed by atoms with E-state index in [0.717, 1.165) is 58.9 Å². The molecule has 6 nitrogen and oxygen atoms in total. The molecule has 0 bridgehead atoms. The molecule has 0 amide bonds. The lowest BCUT2D eigenvalue weighted by Crippen LogP contribution is -2.49. The van der Waals surface area contributed by atoms with Gasteiger partial charge in [-0.3, -0.25) is 9.80 Å². The number of rotatable bonds is 5. The highest BCUT2D eigenvalue weighted by Gasteiger charge is 2.32. The highest BCUT2D eigenvalue weighted by Crippen LogP contribution is 2.17. The van der Waals surface area contributed by atoms with Crippen molar-refractivity contribution in [2.45, 2.75) is 18.6 Å². The Morgan fingerprint density at radius 2 is 1.52 bits per heavy atom. The lowest BCUT2D eigenvalue weighted by atomic mass is 10.2. The molecule has 27 heavy (non-hydrogen) atoms. The molecule has 3 fully saturated rings. The third kappa shape index (κ3) is 5.00. The van der Waals surface area contributed by atoms with E-state index in [2.05, 4.69) is 49.9 Å². The molecule has 0 radical (unpaired) electrons. The Bertz CT molecular complexity index is 565. The van der Waals surface area contributed by atoms with Crippen molar-refractivity contribution in [3.63, 3.8) is 0 Å². The number of hydrogen-bond acceptors (Lipinski definition) is 6. The van der Waals surface area contributed by atoms with Gasteiger partial charge >= 0.3 is 0 Å². The zero-order chi connectivity index (χ0) is 18.5. The highest BCUT2D eigenvalue weighted by molar-refractivity contribution is 5.46. The number of ether oxygens (including phenoxy) is 1. The van der Waals surface area contributed by atoms with E-state index in [4.69, 9.17) is 4.74 Å². The number of para-hydroxylation sites is 1. The third-order valence-electron chi connectivity index (χ3n) is 6.34. The Hall–Kier alpha value is -1.18. The van der Waals surface area contributed by atoms with Gasteiger partial charge < -0.3 is 19.6 Å². The lowest BCUT2D eigenvalue weighted by molar-refractivity contribution is 0.0835. The Labute approximate surface area is 163 Å². The van der Waals surface area contributed by atoms with Crippen LogP contribution in [0.25, 0.3) is 0 Å². The van der Waals surface area contributed by atoms with E-state index in [9.17, 15) is 5.11 Å². The van der Waals surface area contributed by atoms with Gasteiger partial charge in [-0.2, -0.15) is 0 Å². The molecule has 3 aliphatic rings. The van der Waals surface area contributed by atoms with Crippen LogP contribution in [0.3, 0.4) is 0 Å². The van der Waals surface area contributed by atoms with Gasteiger partial charge in [0.2, 0.25) is 0 Å². The molecule has 3 heterocycles. The van der Waals surface area contributed by atoms with Gasteiger partial charge in [-0.1, -0.05) is 18.2 Å². The van der Waals surface area contributed by atoms with Crippen LogP contribution in [0.1, 0.15) is 6.42 Å². The molecule has 3 saturated heterocycles. The quantitative estimate of drug-likeness (QED) is 0.813. The minimum absolute atomic E-state index is 0.205. The van der Waals surface area contributed by atoms with Crippen molar-refractivity contribution in [3.8, 4) is 0 Å². The summed E-state index contributed by atoms with van der Waals surface area (Å²) < 4.78 is 5.44. The summed E-state index contributed by atoms with van der Waals surface area (Å²) >= 11 is 0. The smallest absolute Gasteiger partial charge is 0.0950 e. The molecule has 3 aliphatic heterocycles. The van der Waals surface area contributed by atoms with Crippen molar-refractivity contribution in [2.24, 2.45) is 0 Å². The van der Waals surface area contributed by atoms with Crippen LogP contribution in [-0.2, 0) is 4.74 Å². The van der Waals surface area contributed by atoms with Gasteiger partial charge in [-0.15, -0.1) is 0 Å². The summed E-state index contributed by atoms with van der Waals surface area (Å²) in [4.78, 5) is 10.1. The summed E-state index contributed by atoms with van der Waals surface area (Å²) in [5.74, 6) is 0. The van der Waals surface area contributed by atoms with Crippen LogP contribution < -0.4 is 4.90 Å². The zero-order valence-electron chi connectivity index (χ0n) is 16.4. The highest BCUT2D eigenvalue weighted by atomic mass is 16.5. The Morgan fingerprint density at radius 1 is 0.815 bits per heavy atom. The second-order valence-electron chi connectivity index (χ2n) is 8.07. The zero-order valence-corrected chi connectivity index (χ0v) is 16.4. The second kappa shape index (κ2) is 9.34. The fraction of sp³-hybridized carbons (Fsp3) is 0.714. The second-order valence-corrected chi connectivity index (χ2v) is 8.07. The molecule has 0 saturated carbocycles. The average Bonchev–Trinajstić information content (AvgIpc) is 3.00. The number of hydrogen-bond donors (Lipinski definition) is 1. The fourth-order valence-electron chi connectivity index (χ4n) is 4.58. The molecular formula is C21H34N4O2. The molecule has 0 aliphatic carbocycles. The van der Waals surface area contributed by atoms with Gasteiger partial charge in [0.25, 0.3) is 0 Å². The minimum Gasteiger partial charge on any atom is -0.389 e. The van der Waals surface area contributed by atoms with E-state index >= 15 is 0 Å². The maximum absolute atomic E-state index is 10.1. The van der Waals surface area contributed by atoms with E-state index < -0.39 is 0 Å². The van der Waals surface area contributed by atoms with E-state index in [1.165, 1.54) is 18.7 Å². The van der Waals surface area contributed by atoms with Crippen molar-refractivity contribution in [1.29, 1.82) is 0 Å². The number of nitrogens with zero attached hydrogens (tertiary/aromatic N) is 4. The van der Waals surface area contributed by atoms with Gasteiger partial charge in [0.05, 0.1) is 25.4 Å². The molecule has 1 aromatic carbocycles. The summed E-state index contributed by atoms with van der Waals surface area (Å²) in [6, 6.07) is 11.0. The number of piperazine rings is 1. The van der Waals surface area contributed by atoms with E-state index in [0.29, 0.717) is 13.2 Å². The Kier molecular flexibility index (Phi) is 6.63. The number of aliphatic hydroxyl groups excluding tert-OH is 1. The minimum atomic E-state index is -0.308. The first kappa shape index (κ1) is 19.2. The summed E-state index contributed by atoms with van der Waals surface area (Å²) in [6.45, 7) is 12.5. The van der Waals surface area contributed by atoms with E-state index in [1.54, 1.807) is 0 Å². The van der Waals surface area contributed by atoms with Gasteiger partial charge in [0.1, 0.15) is 0 Å². The van der Waals surface area contributed by atoms with Crippen LogP contribution in [0.2, 0.25) is 0 Å². The largest absolute Gasteiger partial charge is 0.389 e. The van der Waals surface area contributed by atoms with E-state index in [-0.39, 0.29) is 12.1 Å². The molecule has 150 valence electrons. The van der Waals surface area contributed by atoms with Crippen LogP contribution in [0, 0.1) is 0 Å². The van der Waals surface area contributed by atoms with Crippen LogP contribution in [0.5, 0.6) is 0 Å². The Balaban J connectivity index is 1.18. The van der Waals surface area contributed by atoms with Gasteiger partial charge in [-0.05, 0) is 31.6 Å². The maximum Gasteiger partial charge on any atom is 0.0950 e. The summed E-state index contributed by atoms with van der Waals surface area (Å²) in [6.07, 6.45) is 0.878. The Morgan fingerprint density at radius 3 is 2.22 bits per heavy atom. The third-order valence-corrected chi connectivity index (χ3v) is 6.34. The summed E-state index contributed by atoms with van der Waals surface area (Å²) in [5.41, 5.74) is 1.35. The van der Waals surface area contributed by atoms with Crippen molar-refractivity contribution < 1.29 is 9.84 Å². The van der Waals surface area contributed by atoms with Gasteiger partial charge in [0, 0.05) is 58.0 Å². The van der Waals surface area contributed by atoms with E-state index in [1.807, 2.05) is 0 Å². The average molecular weight is 375 g/mol. The molecule has 6 heteroatoms. The number of aliphatic hydroxyl groups is 1. The first-order valence-electron chi connectivity index (χ1n) is 10.5. The summed E-state index contributed by atoms with van der Waals surface area (Å²) in [7, 11) is 0. The normalized spacial score (nSPS) is 29.1. The SMILES string of the molecule is O[C@H]1COC[C@@H]1N1CCCN(CCN2CCN(c3ccccc3)CC2)CC1. The number of anilines is 1. The summed E-state index contributed by atoms with van der Waals surface area (Å²) in [5, 5.41) is 10.1. The van der Waals surface area contributed by atoms with Crippen LogP contribution >= 0.6 is 0 Å². The molecule has 1 aromatic rings. The molecule has 1 N–H and O–H groups in total. The van der Waals surface area contributed by atoms with Crippen molar-refractivity contribution in [3.05, 3.63) is 30.3 Å². The van der Waals surface area contributed by atoms with Crippen LogP contribution in [-0.4, -0.2) is 111 Å². The van der Waals surface area contributed by atoms with Crippen LogP contribution in [0.4, 0.5) is 5.69 Å².